The van der Waals surface area contributed by atoms with Crippen LogP contribution in [0.25, 0.3) is 0 Å². The molecule has 0 aromatic heterocycles. The van der Waals surface area contributed by atoms with Crippen molar-refractivity contribution in [1.82, 2.24) is 9.80 Å². The minimum absolute atomic E-state index is 0.131. The van der Waals surface area contributed by atoms with Crippen LogP contribution >= 0.6 is 0 Å². The lowest BCUT2D eigenvalue weighted by Crippen LogP contribution is -2.57. The number of carbonyl (C=O) groups excluding carboxylic acids is 1. The third-order valence-electron chi connectivity index (χ3n) is 4.24. The predicted molar refractivity (Wildman–Crippen MR) is 68.4 cm³/mol. The number of likely N-dealkylation sites (tertiary alicyclic amines) is 1. The van der Waals surface area contributed by atoms with Crippen molar-refractivity contribution in [2.24, 2.45) is 5.41 Å². The molecule has 2 heterocycles. The van der Waals surface area contributed by atoms with E-state index in [0.29, 0.717) is 19.3 Å². The Labute approximate surface area is 109 Å². The van der Waals surface area contributed by atoms with Crippen LogP contribution in [0.3, 0.4) is 0 Å². The maximum atomic E-state index is 11.8. The number of rotatable bonds is 4. The van der Waals surface area contributed by atoms with Crippen LogP contribution in [-0.4, -0.2) is 75.9 Å². The Morgan fingerprint density at radius 2 is 2.06 bits per heavy atom. The van der Waals surface area contributed by atoms with Gasteiger partial charge >= 0.3 is 5.97 Å². The van der Waals surface area contributed by atoms with Gasteiger partial charge in [0.2, 0.25) is 0 Å². The molecule has 0 aromatic carbocycles. The SMILES string of the molecule is COC(=O)C1(CN(C)C2CCN(C)CC2)COC1. The van der Waals surface area contributed by atoms with Gasteiger partial charge in [-0.25, -0.2) is 0 Å². The molecule has 2 saturated heterocycles. The van der Waals surface area contributed by atoms with Gasteiger partial charge in [0.1, 0.15) is 5.41 Å². The van der Waals surface area contributed by atoms with E-state index in [4.69, 9.17) is 9.47 Å². The third kappa shape index (κ3) is 2.68. The van der Waals surface area contributed by atoms with E-state index in [2.05, 4.69) is 23.9 Å². The number of piperidine rings is 1. The van der Waals surface area contributed by atoms with Crippen molar-refractivity contribution in [3.8, 4) is 0 Å². The monoisotopic (exact) mass is 256 g/mol. The summed E-state index contributed by atoms with van der Waals surface area (Å²) < 4.78 is 10.1. The summed E-state index contributed by atoms with van der Waals surface area (Å²) >= 11 is 0. The lowest BCUT2D eigenvalue weighted by atomic mass is 9.84. The Hall–Kier alpha value is -0.650. The second-order valence-corrected chi connectivity index (χ2v) is 5.71. The van der Waals surface area contributed by atoms with E-state index in [1.807, 2.05) is 0 Å². The van der Waals surface area contributed by atoms with Crippen molar-refractivity contribution in [2.45, 2.75) is 18.9 Å². The van der Waals surface area contributed by atoms with Crippen LogP contribution in [0.15, 0.2) is 0 Å². The van der Waals surface area contributed by atoms with Crippen LogP contribution in [0.1, 0.15) is 12.8 Å². The number of nitrogens with zero attached hydrogens (tertiary/aromatic N) is 2. The van der Waals surface area contributed by atoms with Gasteiger partial charge in [0.15, 0.2) is 0 Å². The molecule has 0 amide bonds. The van der Waals surface area contributed by atoms with E-state index in [-0.39, 0.29) is 5.97 Å². The molecular formula is C13H24N2O3. The second-order valence-electron chi connectivity index (χ2n) is 5.71. The molecule has 0 N–H and O–H groups in total. The number of ether oxygens (including phenoxy) is 2. The number of esters is 1. The Kier molecular flexibility index (Phi) is 4.25. The van der Waals surface area contributed by atoms with E-state index in [1.54, 1.807) is 0 Å². The van der Waals surface area contributed by atoms with E-state index in [1.165, 1.54) is 20.0 Å². The van der Waals surface area contributed by atoms with Gasteiger partial charge in [-0.2, -0.15) is 0 Å². The van der Waals surface area contributed by atoms with Crippen molar-refractivity contribution in [1.29, 1.82) is 0 Å². The minimum Gasteiger partial charge on any atom is -0.468 e. The summed E-state index contributed by atoms with van der Waals surface area (Å²) in [4.78, 5) is 16.5. The van der Waals surface area contributed by atoms with Crippen molar-refractivity contribution < 1.29 is 14.3 Å². The first-order valence-corrected chi connectivity index (χ1v) is 6.62. The number of carbonyl (C=O) groups is 1. The molecule has 0 saturated carbocycles. The van der Waals surface area contributed by atoms with Crippen LogP contribution in [0, 0.1) is 5.41 Å². The largest absolute Gasteiger partial charge is 0.468 e. The summed E-state index contributed by atoms with van der Waals surface area (Å²) in [6, 6.07) is 0.573. The van der Waals surface area contributed by atoms with Crippen molar-refractivity contribution >= 4 is 5.97 Å². The van der Waals surface area contributed by atoms with Crippen molar-refractivity contribution in [2.75, 3.05) is 54.1 Å². The summed E-state index contributed by atoms with van der Waals surface area (Å²) in [6.07, 6.45) is 2.34. The van der Waals surface area contributed by atoms with Gasteiger partial charge in [-0.1, -0.05) is 0 Å². The summed E-state index contributed by atoms with van der Waals surface area (Å²) in [6.45, 7) is 4.01. The van der Waals surface area contributed by atoms with E-state index < -0.39 is 5.41 Å². The van der Waals surface area contributed by atoms with E-state index in [9.17, 15) is 4.79 Å². The summed E-state index contributed by atoms with van der Waals surface area (Å²) in [5.74, 6) is -0.131. The molecule has 0 radical (unpaired) electrons. The number of hydrogen-bond acceptors (Lipinski definition) is 5. The Morgan fingerprint density at radius 1 is 1.44 bits per heavy atom. The van der Waals surface area contributed by atoms with Gasteiger partial charge in [0, 0.05) is 12.6 Å². The quantitative estimate of drug-likeness (QED) is 0.672. The van der Waals surface area contributed by atoms with Gasteiger partial charge in [-0.3, -0.25) is 4.79 Å². The first-order chi connectivity index (χ1) is 8.57. The van der Waals surface area contributed by atoms with E-state index in [0.717, 1.165) is 19.6 Å². The summed E-state index contributed by atoms with van der Waals surface area (Å²) in [5, 5.41) is 0. The fraction of sp³-hybridized carbons (Fsp3) is 0.923. The first kappa shape index (κ1) is 13.8. The van der Waals surface area contributed by atoms with Crippen LogP contribution in [0.5, 0.6) is 0 Å². The highest BCUT2D eigenvalue weighted by atomic mass is 16.5. The second kappa shape index (κ2) is 5.55. The molecular weight excluding hydrogens is 232 g/mol. The number of hydrogen-bond donors (Lipinski definition) is 0. The molecule has 2 aliphatic heterocycles. The molecule has 2 rings (SSSR count). The molecule has 5 nitrogen and oxygen atoms in total. The zero-order chi connectivity index (χ0) is 13.2. The molecule has 0 bridgehead atoms. The highest BCUT2D eigenvalue weighted by Crippen LogP contribution is 2.31. The van der Waals surface area contributed by atoms with Gasteiger partial charge in [0.05, 0.1) is 20.3 Å². The van der Waals surface area contributed by atoms with Crippen LogP contribution in [0.2, 0.25) is 0 Å². The van der Waals surface area contributed by atoms with E-state index >= 15 is 0 Å². The Balaban J connectivity index is 1.89. The standard InChI is InChI=1S/C13H24N2O3/c1-14-6-4-11(5-7-14)15(2)8-13(9-18-10-13)12(16)17-3/h11H,4-10H2,1-3H3. The first-order valence-electron chi connectivity index (χ1n) is 6.62. The zero-order valence-corrected chi connectivity index (χ0v) is 11.6. The molecule has 0 unspecified atom stereocenters. The molecule has 5 heteroatoms. The topological polar surface area (TPSA) is 42.0 Å². The lowest BCUT2D eigenvalue weighted by molar-refractivity contribution is -0.187. The molecule has 2 fully saturated rings. The van der Waals surface area contributed by atoms with Crippen molar-refractivity contribution in [3.63, 3.8) is 0 Å². The molecule has 2 aliphatic rings. The smallest absolute Gasteiger partial charge is 0.317 e. The van der Waals surface area contributed by atoms with Gasteiger partial charge in [0.25, 0.3) is 0 Å². The normalized spacial score (nSPS) is 24.9. The third-order valence-corrected chi connectivity index (χ3v) is 4.24. The Morgan fingerprint density at radius 3 is 2.50 bits per heavy atom. The van der Waals surface area contributed by atoms with Crippen LogP contribution in [-0.2, 0) is 14.3 Å². The van der Waals surface area contributed by atoms with Crippen LogP contribution < -0.4 is 0 Å². The molecule has 0 atom stereocenters. The summed E-state index contributed by atoms with van der Waals surface area (Å²) in [5.41, 5.74) is -0.424. The maximum absolute atomic E-state index is 11.8. The maximum Gasteiger partial charge on any atom is 0.317 e. The molecule has 18 heavy (non-hydrogen) atoms. The molecule has 0 aliphatic carbocycles. The Bertz CT molecular complexity index is 297. The summed E-state index contributed by atoms with van der Waals surface area (Å²) in [7, 11) is 5.73. The highest BCUT2D eigenvalue weighted by Gasteiger charge is 2.48. The number of methoxy groups -OCH3 is 1. The zero-order valence-electron chi connectivity index (χ0n) is 11.6. The molecule has 0 spiro atoms. The van der Waals surface area contributed by atoms with Crippen molar-refractivity contribution in [3.05, 3.63) is 0 Å². The average Bonchev–Trinajstić information content (AvgIpc) is 2.33. The highest BCUT2D eigenvalue weighted by molar-refractivity contribution is 5.78. The van der Waals surface area contributed by atoms with Gasteiger partial charge in [-0.05, 0) is 40.0 Å². The fourth-order valence-corrected chi connectivity index (χ4v) is 2.88. The molecule has 104 valence electrons. The minimum atomic E-state index is -0.424. The predicted octanol–water partition coefficient (Wildman–Crippen LogP) is 0.202. The average molecular weight is 256 g/mol. The van der Waals surface area contributed by atoms with Gasteiger partial charge < -0.3 is 19.3 Å². The van der Waals surface area contributed by atoms with Gasteiger partial charge in [-0.15, -0.1) is 0 Å². The lowest BCUT2D eigenvalue weighted by Gasteiger charge is -2.44. The fourth-order valence-electron chi connectivity index (χ4n) is 2.88. The van der Waals surface area contributed by atoms with Crippen LogP contribution in [0.4, 0.5) is 0 Å². The molecule has 0 aromatic rings.